The summed E-state index contributed by atoms with van der Waals surface area (Å²) < 4.78 is 43.8. The van der Waals surface area contributed by atoms with Gasteiger partial charge in [0.2, 0.25) is 5.91 Å². The lowest BCUT2D eigenvalue weighted by atomic mass is 10.1. The van der Waals surface area contributed by atoms with Gasteiger partial charge < -0.3 is 20.1 Å². The zero-order chi connectivity index (χ0) is 20.2. The van der Waals surface area contributed by atoms with E-state index < -0.39 is 35.8 Å². The minimum Gasteiger partial charge on any atom is -0.507 e. The van der Waals surface area contributed by atoms with Crippen LogP contribution in [0.1, 0.15) is 15.9 Å². The van der Waals surface area contributed by atoms with Gasteiger partial charge >= 0.3 is 6.18 Å². The normalized spacial score (nSPS) is 11.0. The summed E-state index contributed by atoms with van der Waals surface area (Å²) in [5.41, 5.74) is -1.45. The molecule has 0 atom stereocenters. The maximum atomic E-state index is 13.0. The van der Waals surface area contributed by atoms with Gasteiger partial charge in [-0.1, -0.05) is 12.1 Å². The summed E-state index contributed by atoms with van der Waals surface area (Å²) in [4.78, 5) is 25.4. The number of amides is 2. The summed E-state index contributed by atoms with van der Waals surface area (Å²) in [5.74, 6) is -1.48. The van der Waals surface area contributed by atoms with Crippen molar-refractivity contribution in [1.29, 1.82) is 0 Å². The number of likely N-dealkylation sites (N-methyl/N-ethyl adjacent to an activating group) is 1. The molecule has 9 heteroatoms. The molecule has 0 unspecified atom stereocenters. The highest BCUT2D eigenvalue weighted by atomic mass is 19.4. The van der Waals surface area contributed by atoms with Crippen molar-refractivity contribution in [2.45, 2.75) is 6.18 Å². The highest BCUT2D eigenvalue weighted by Gasteiger charge is 2.33. The average Bonchev–Trinajstić information content (AvgIpc) is 2.60. The first kappa shape index (κ1) is 20.1. The summed E-state index contributed by atoms with van der Waals surface area (Å²) in [6, 6.07) is 8.55. The number of phenols is 1. The summed E-state index contributed by atoms with van der Waals surface area (Å²) >= 11 is 0. The molecule has 144 valence electrons. The third kappa shape index (κ3) is 4.90. The molecular formula is C18H17F3N2O4. The van der Waals surface area contributed by atoms with Crippen LogP contribution < -0.4 is 10.1 Å². The number of nitrogens with one attached hydrogen (secondary N) is 1. The predicted molar refractivity (Wildman–Crippen MR) is 91.7 cm³/mol. The smallest absolute Gasteiger partial charge is 0.418 e. The Labute approximate surface area is 153 Å². The molecule has 27 heavy (non-hydrogen) atoms. The number of methoxy groups -OCH3 is 1. The van der Waals surface area contributed by atoms with Crippen LogP contribution in [-0.4, -0.2) is 42.5 Å². The van der Waals surface area contributed by atoms with Gasteiger partial charge in [-0.3, -0.25) is 9.59 Å². The van der Waals surface area contributed by atoms with Crippen LogP contribution in [0.25, 0.3) is 0 Å². The number of halogens is 3. The van der Waals surface area contributed by atoms with E-state index in [1.165, 1.54) is 44.5 Å². The van der Waals surface area contributed by atoms with E-state index in [1.807, 2.05) is 0 Å². The maximum absolute atomic E-state index is 13.0. The first-order valence-corrected chi connectivity index (χ1v) is 7.72. The number of carbonyl (C=O) groups excluding carboxylic acids is 2. The number of carbonyl (C=O) groups is 2. The number of phenolic OH excluding ortho intramolecular Hbond substituents is 1. The monoisotopic (exact) mass is 382 g/mol. The third-order valence-electron chi connectivity index (χ3n) is 3.67. The van der Waals surface area contributed by atoms with E-state index in [0.29, 0.717) is 5.75 Å². The Morgan fingerprint density at radius 2 is 1.85 bits per heavy atom. The van der Waals surface area contributed by atoms with E-state index in [0.717, 1.165) is 17.0 Å². The molecule has 0 saturated heterocycles. The highest BCUT2D eigenvalue weighted by Crippen LogP contribution is 2.34. The molecule has 0 radical (unpaired) electrons. The Kier molecular flexibility index (Phi) is 5.94. The number of anilines is 1. The van der Waals surface area contributed by atoms with Crippen molar-refractivity contribution in [1.82, 2.24) is 4.90 Å². The summed E-state index contributed by atoms with van der Waals surface area (Å²) in [7, 11) is 2.69. The fourth-order valence-electron chi connectivity index (χ4n) is 2.34. The highest BCUT2D eigenvalue weighted by molar-refractivity contribution is 6.01. The van der Waals surface area contributed by atoms with Crippen LogP contribution in [0.2, 0.25) is 0 Å². The Morgan fingerprint density at radius 3 is 2.44 bits per heavy atom. The van der Waals surface area contributed by atoms with Gasteiger partial charge in [-0.05, 0) is 24.3 Å². The summed E-state index contributed by atoms with van der Waals surface area (Å²) in [6.45, 7) is -0.503. The summed E-state index contributed by atoms with van der Waals surface area (Å²) in [5, 5.41) is 12.0. The van der Waals surface area contributed by atoms with Gasteiger partial charge in [0, 0.05) is 13.1 Å². The number of para-hydroxylation sites is 1. The lowest BCUT2D eigenvalue weighted by molar-refractivity contribution is -0.137. The molecular weight excluding hydrogens is 365 g/mol. The molecule has 0 fully saturated rings. The van der Waals surface area contributed by atoms with Crippen molar-refractivity contribution in [2.24, 2.45) is 0 Å². The van der Waals surface area contributed by atoms with E-state index in [4.69, 9.17) is 4.74 Å². The van der Waals surface area contributed by atoms with Crippen molar-refractivity contribution in [3.8, 4) is 11.5 Å². The lowest BCUT2D eigenvalue weighted by Gasteiger charge is -2.19. The molecule has 0 bridgehead atoms. The van der Waals surface area contributed by atoms with Gasteiger partial charge in [0.25, 0.3) is 5.91 Å². The molecule has 0 aliphatic heterocycles. The molecule has 2 N–H and O–H groups in total. The van der Waals surface area contributed by atoms with Gasteiger partial charge in [0.15, 0.2) is 0 Å². The Morgan fingerprint density at radius 1 is 1.19 bits per heavy atom. The van der Waals surface area contributed by atoms with Gasteiger partial charge in [-0.15, -0.1) is 0 Å². The molecule has 2 aromatic rings. The zero-order valence-corrected chi connectivity index (χ0v) is 14.5. The van der Waals surface area contributed by atoms with Crippen molar-refractivity contribution >= 4 is 17.5 Å². The van der Waals surface area contributed by atoms with Crippen LogP contribution in [0.5, 0.6) is 11.5 Å². The van der Waals surface area contributed by atoms with E-state index in [1.54, 1.807) is 0 Å². The topological polar surface area (TPSA) is 78.9 Å². The fourth-order valence-corrected chi connectivity index (χ4v) is 2.34. The molecule has 2 aromatic carbocycles. The number of hydrogen-bond donors (Lipinski definition) is 2. The van der Waals surface area contributed by atoms with Crippen molar-refractivity contribution in [2.75, 3.05) is 26.0 Å². The maximum Gasteiger partial charge on any atom is 0.418 e. The van der Waals surface area contributed by atoms with Crippen molar-refractivity contribution in [3.05, 3.63) is 53.6 Å². The molecule has 0 spiro atoms. The molecule has 2 rings (SSSR count). The van der Waals surface area contributed by atoms with Gasteiger partial charge in [0.05, 0.1) is 30.5 Å². The Bertz CT molecular complexity index is 853. The van der Waals surface area contributed by atoms with Gasteiger partial charge in [0.1, 0.15) is 11.5 Å². The third-order valence-corrected chi connectivity index (χ3v) is 3.67. The number of rotatable bonds is 5. The van der Waals surface area contributed by atoms with E-state index in [2.05, 4.69) is 5.32 Å². The Balaban J connectivity index is 2.09. The van der Waals surface area contributed by atoms with Crippen LogP contribution in [-0.2, 0) is 11.0 Å². The quantitative estimate of drug-likeness (QED) is 0.833. The van der Waals surface area contributed by atoms with Crippen LogP contribution in [0.4, 0.5) is 18.9 Å². The number of hydrogen-bond acceptors (Lipinski definition) is 4. The van der Waals surface area contributed by atoms with Crippen LogP contribution in [0.3, 0.4) is 0 Å². The number of ether oxygens (including phenoxy) is 1. The largest absolute Gasteiger partial charge is 0.507 e. The minimum atomic E-state index is -4.62. The second kappa shape index (κ2) is 7.98. The zero-order valence-electron chi connectivity index (χ0n) is 14.5. The molecule has 0 aliphatic rings. The predicted octanol–water partition coefficient (Wildman–Crippen LogP) is 3.13. The molecule has 0 saturated carbocycles. The first-order chi connectivity index (χ1) is 12.6. The number of aromatic hydroxyl groups is 1. The minimum absolute atomic E-state index is 0.0678. The van der Waals surface area contributed by atoms with Crippen LogP contribution in [0, 0.1) is 0 Å². The summed E-state index contributed by atoms with van der Waals surface area (Å²) in [6.07, 6.45) is -4.62. The van der Waals surface area contributed by atoms with Crippen molar-refractivity contribution < 1.29 is 32.6 Å². The molecule has 0 aromatic heterocycles. The Hall–Kier alpha value is -3.23. The number of benzene rings is 2. The molecule has 0 aliphatic carbocycles. The van der Waals surface area contributed by atoms with E-state index >= 15 is 0 Å². The number of alkyl halides is 3. The standard InChI is InChI=1S/C18H17F3N2O4/c1-23(17(26)12-8-7-11(27-2)9-15(12)24)10-16(25)22-14-6-4-3-5-13(14)18(19,20)21/h3-9,24H,10H2,1-2H3,(H,22,25). The van der Waals surface area contributed by atoms with Crippen LogP contribution >= 0.6 is 0 Å². The number of nitrogens with zero attached hydrogens (tertiary/aromatic N) is 1. The first-order valence-electron chi connectivity index (χ1n) is 7.72. The fraction of sp³-hybridized carbons (Fsp3) is 0.222. The van der Waals surface area contributed by atoms with Crippen molar-refractivity contribution in [3.63, 3.8) is 0 Å². The van der Waals surface area contributed by atoms with Gasteiger partial charge in [-0.2, -0.15) is 13.2 Å². The second-order valence-electron chi connectivity index (χ2n) is 5.64. The molecule has 2 amide bonds. The van der Waals surface area contributed by atoms with E-state index in [9.17, 15) is 27.9 Å². The average molecular weight is 382 g/mol. The lowest BCUT2D eigenvalue weighted by Crippen LogP contribution is -2.35. The van der Waals surface area contributed by atoms with E-state index in [-0.39, 0.29) is 11.3 Å². The molecule has 6 nitrogen and oxygen atoms in total. The van der Waals surface area contributed by atoms with Gasteiger partial charge in [-0.25, -0.2) is 0 Å². The SMILES string of the molecule is COc1ccc(C(=O)N(C)CC(=O)Nc2ccccc2C(F)(F)F)c(O)c1. The molecule has 0 heterocycles. The second-order valence-corrected chi connectivity index (χ2v) is 5.64. The van der Waals surface area contributed by atoms with Crippen LogP contribution in [0.15, 0.2) is 42.5 Å².